The van der Waals surface area contributed by atoms with E-state index in [2.05, 4.69) is 10.2 Å². The Hall–Kier alpha value is -2.40. The predicted octanol–water partition coefficient (Wildman–Crippen LogP) is 4.26. The monoisotopic (exact) mass is 305 g/mol. The third-order valence-electron chi connectivity index (χ3n) is 3.15. The Kier molecular flexibility index (Phi) is 3.35. The van der Waals surface area contributed by atoms with E-state index in [0.717, 1.165) is 6.07 Å². The molecule has 3 nitrogen and oxygen atoms in total. The highest BCUT2D eigenvalue weighted by molar-refractivity contribution is 6.30. The van der Waals surface area contributed by atoms with Crippen molar-refractivity contribution < 1.29 is 8.78 Å². The number of anilines is 1. The van der Waals surface area contributed by atoms with E-state index in [1.165, 1.54) is 12.1 Å². The van der Waals surface area contributed by atoms with Gasteiger partial charge in [-0.2, -0.15) is 5.10 Å². The minimum absolute atomic E-state index is 0.0733. The molecular formula is C15H10ClF2N3. The molecule has 0 aliphatic heterocycles. The summed E-state index contributed by atoms with van der Waals surface area (Å²) in [4.78, 5) is 0. The first-order valence-corrected chi connectivity index (χ1v) is 6.50. The Morgan fingerprint density at radius 2 is 1.76 bits per heavy atom. The van der Waals surface area contributed by atoms with E-state index in [0.29, 0.717) is 21.8 Å². The van der Waals surface area contributed by atoms with Crippen LogP contribution in [0.15, 0.2) is 42.5 Å². The van der Waals surface area contributed by atoms with Gasteiger partial charge in [-0.25, -0.2) is 8.78 Å². The van der Waals surface area contributed by atoms with Crippen LogP contribution < -0.4 is 5.73 Å². The summed E-state index contributed by atoms with van der Waals surface area (Å²) >= 11 is 5.85. The van der Waals surface area contributed by atoms with Crippen molar-refractivity contribution in [1.82, 2.24) is 10.2 Å². The van der Waals surface area contributed by atoms with Crippen molar-refractivity contribution in [2.24, 2.45) is 0 Å². The highest BCUT2D eigenvalue weighted by Crippen LogP contribution is 2.36. The number of aromatic amines is 1. The summed E-state index contributed by atoms with van der Waals surface area (Å²) < 4.78 is 27.4. The third-order valence-corrected chi connectivity index (χ3v) is 3.40. The molecular weight excluding hydrogens is 296 g/mol. The van der Waals surface area contributed by atoms with Gasteiger partial charge < -0.3 is 5.73 Å². The summed E-state index contributed by atoms with van der Waals surface area (Å²) in [6.07, 6.45) is 0. The van der Waals surface area contributed by atoms with Crippen LogP contribution >= 0.6 is 11.6 Å². The van der Waals surface area contributed by atoms with Crippen molar-refractivity contribution in [2.45, 2.75) is 0 Å². The molecule has 0 aliphatic carbocycles. The number of rotatable bonds is 2. The molecule has 0 spiro atoms. The number of hydrogen-bond acceptors (Lipinski definition) is 2. The van der Waals surface area contributed by atoms with Gasteiger partial charge in [0.15, 0.2) is 17.5 Å². The number of aromatic nitrogens is 2. The number of hydrogen-bond donors (Lipinski definition) is 2. The summed E-state index contributed by atoms with van der Waals surface area (Å²) in [7, 11) is 0. The maximum atomic E-state index is 14.0. The lowest BCUT2D eigenvalue weighted by atomic mass is 10.0. The smallest absolute Gasteiger partial charge is 0.168 e. The molecule has 3 aromatic rings. The molecule has 6 heteroatoms. The second-order valence-electron chi connectivity index (χ2n) is 4.47. The quantitative estimate of drug-likeness (QED) is 0.743. The third kappa shape index (κ3) is 2.36. The van der Waals surface area contributed by atoms with Crippen molar-refractivity contribution in [3.63, 3.8) is 0 Å². The number of nitrogens with zero attached hydrogens (tertiary/aromatic N) is 1. The molecule has 3 N–H and O–H groups in total. The van der Waals surface area contributed by atoms with Crippen LogP contribution in [0, 0.1) is 11.6 Å². The Labute approximate surface area is 124 Å². The van der Waals surface area contributed by atoms with E-state index in [4.69, 9.17) is 17.3 Å². The molecule has 21 heavy (non-hydrogen) atoms. The van der Waals surface area contributed by atoms with Crippen LogP contribution in [0.25, 0.3) is 22.4 Å². The number of halogens is 3. The lowest BCUT2D eigenvalue weighted by molar-refractivity contribution is 0.511. The van der Waals surface area contributed by atoms with Crippen molar-refractivity contribution >= 4 is 17.4 Å². The Morgan fingerprint density at radius 3 is 2.48 bits per heavy atom. The van der Waals surface area contributed by atoms with Crippen LogP contribution in [0.1, 0.15) is 0 Å². The van der Waals surface area contributed by atoms with E-state index < -0.39 is 11.6 Å². The van der Waals surface area contributed by atoms with Gasteiger partial charge in [0.25, 0.3) is 0 Å². The van der Waals surface area contributed by atoms with Gasteiger partial charge in [0.1, 0.15) is 0 Å². The standard InChI is InChI=1S/C15H10ClF2N3/c16-9-6-4-8(5-7-9)12-14(20-21-15(12)19)10-2-1-3-11(17)13(10)18/h1-7H,(H3,19,20,21). The van der Waals surface area contributed by atoms with Crippen LogP contribution in [-0.4, -0.2) is 10.2 Å². The van der Waals surface area contributed by atoms with Gasteiger partial charge >= 0.3 is 0 Å². The topological polar surface area (TPSA) is 54.7 Å². The van der Waals surface area contributed by atoms with Crippen molar-refractivity contribution in [2.75, 3.05) is 5.73 Å². The van der Waals surface area contributed by atoms with E-state index in [9.17, 15) is 8.78 Å². The maximum absolute atomic E-state index is 14.0. The van der Waals surface area contributed by atoms with Crippen molar-refractivity contribution in [1.29, 1.82) is 0 Å². The minimum Gasteiger partial charge on any atom is -0.382 e. The zero-order chi connectivity index (χ0) is 15.0. The summed E-state index contributed by atoms with van der Waals surface area (Å²) in [6, 6.07) is 10.8. The molecule has 0 fully saturated rings. The molecule has 0 atom stereocenters. The number of nitrogens with one attached hydrogen (secondary N) is 1. The second-order valence-corrected chi connectivity index (χ2v) is 4.90. The SMILES string of the molecule is Nc1n[nH]c(-c2cccc(F)c2F)c1-c1ccc(Cl)cc1. The number of H-pyrrole nitrogens is 1. The zero-order valence-electron chi connectivity index (χ0n) is 10.7. The summed E-state index contributed by atoms with van der Waals surface area (Å²) in [5, 5.41) is 7.12. The Morgan fingerprint density at radius 1 is 1.05 bits per heavy atom. The minimum atomic E-state index is -0.948. The molecule has 3 rings (SSSR count). The van der Waals surface area contributed by atoms with Crippen molar-refractivity contribution in [3.05, 3.63) is 59.1 Å². The molecule has 0 aliphatic rings. The molecule has 0 saturated carbocycles. The number of nitrogens with two attached hydrogens (primary N) is 1. The lowest BCUT2D eigenvalue weighted by Crippen LogP contribution is -1.92. The molecule has 0 radical (unpaired) electrons. The first-order valence-electron chi connectivity index (χ1n) is 6.12. The molecule has 0 unspecified atom stereocenters. The number of nitrogen functional groups attached to an aromatic ring is 1. The normalized spacial score (nSPS) is 10.8. The van der Waals surface area contributed by atoms with Gasteiger partial charge in [-0.1, -0.05) is 29.8 Å². The fraction of sp³-hybridized carbons (Fsp3) is 0. The molecule has 0 bridgehead atoms. The summed E-state index contributed by atoms with van der Waals surface area (Å²) in [6.45, 7) is 0. The highest BCUT2D eigenvalue weighted by Gasteiger charge is 2.19. The molecule has 106 valence electrons. The zero-order valence-corrected chi connectivity index (χ0v) is 11.5. The van der Waals surface area contributed by atoms with Crippen LogP contribution in [0.3, 0.4) is 0 Å². The fourth-order valence-electron chi connectivity index (χ4n) is 2.16. The van der Waals surface area contributed by atoms with Crippen LogP contribution in [0.4, 0.5) is 14.6 Å². The summed E-state index contributed by atoms with van der Waals surface area (Å²) in [5.74, 6) is -1.67. The fourth-order valence-corrected chi connectivity index (χ4v) is 2.28. The van der Waals surface area contributed by atoms with Crippen LogP contribution in [0.2, 0.25) is 5.02 Å². The van der Waals surface area contributed by atoms with Crippen LogP contribution in [-0.2, 0) is 0 Å². The van der Waals surface area contributed by atoms with Gasteiger partial charge in [0.05, 0.1) is 11.3 Å². The average Bonchev–Trinajstić information content (AvgIpc) is 2.85. The van der Waals surface area contributed by atoms with Gasteiger partial charge in [0.2, 0.25) is 0 Å². The van der Waals surface area contributed by atoms with E-state index >= 15 is 0 Å². The van der Waals surface area contributed by atoms with Gasteiger partial charge in [-0.05, 0) is 29.8 Å². The van der Waals surface area contributed by atoms with Crippen LogP contribution in [0.5, 0.6) is 0 Å². The molecule has 1 heterocycles. The second kappa shape index (κ2) is 5.18. The first kappa shape index (κ1) is 13.6. The highest BCUT2D eigenvalue weighted by atomic mass is 35.5. The van der Waals surface area contributed by atoms with Gasteiger partial charge in [-0.15, -0.1) is 0 Å². The van der Waals surface area contributed by atoms with E-state index in [-0.39, 0.29) is 11.4 Å². The molecule has 2 aromatic carbocycles. The largest absolute Gasteiger partial charge is 0.382 e. The lowest BCUT2D eigenvalue weighted by Gasteiger charge is -2.06. The summed E-state index contributed by atoms with van der Waals surface area (Å²) in [5.41, 5.74) is 7.47. The van der Waals surface area contributed by atoms with E-state index in [1.807, 2.05) is 0 Å². The Balaban J connectivity index is 2.22. The predicted molar refractivity (Wildman–Crippen MR) is 78.8 cm³/mol. The Bertz CT molecular complexity index is 797. The first-order chi connectivity index (χ1) is 10.1. The number of benzene rings is 2. The average molecular weight is 306 g/mol. The van der Waals surface area contributed by atoms with Gasteiger partial charge in [-0.3, -0.25) is 5.10 Å². The van der Waals surface area contributed by atoms with E-state index in [1.54, 1.807) is 24.3 Å². The van der Waals surface area contributed by atoms with Crippen molar-refractivity contribution in [3.8, 4) is 22.4 Å². The maximum Gasteiger partial charge on any atom is 0.168 e. The molecule has 1 aromatic heterocycles. The molecule has 0 saturated heterocycles. The van der Waals surface area contributed by atoms with Gasteiger partial charge in [0, 0.05) is 10.6 Å². The molecule has 0 amide bonds.